The van der Waals surface area contributed by atoms with Gasteiger partial charge in [-0.3, -0.25) is 0 Å². The van der Waals surface area contributed by atoms with Crippen molar-refractivity contribution >= 4 is 5.97 Å². The summed E-state index contributed by atoms with van der Waals surface area (Å²) < 4.78 is 24.2. The van der Waals surface area contributed by atoms with Crippen LogP contribution in [0.5, 0.6) is 11.5 Å². The van der Waals surface area contributed by atoms with E-state index in [1.54, 1.807) is 30.3 Å². The van der Waals surface area contributed by atoms with E-state index >= 15 is 0 Å². The van der Waals surface area contributed by atoms with Crippen LogP contribution in [0.1, 0.15) is 21.5 Å². The van der Waals surface area contributed by atoms with Crippen molar-refractivity contribution in [3.05, 3.63) is 95.3 Å². The summed E-state index contributed by atoms with van der Waals surface area (Å²) >= 11 is 0. The van der Waals surface area contributed by atoms with Gasteiger partial charge in [-0.1, -0.05) is 42.5 Å². The summed E-state index contributed by atoms with van der Waals surface area (Å²) in [6.45, 7) is 2.03. The number of benzene rings is 3. The second-order valence-electron chi connectivity index (χ2n) is 5.60. The normalized spacial score (nSPS) is 10.3. The third kappa shape index (κ3) is 4.44. The van der Waals surface area contributed by atoms with E-state index in [2.05, 4.69) is 0 Å². The van der Waals surface area contributed by atoms with Crippen molar-refractivity contribution in [1.82, 2.24) is 0 Å². The molecule has 0 heterocycles. The van der Waals surface area contributed by atoms with E-state index in [-0.39, 0.29) is 12.4 Å². The number of carbonyl (C=O) groups is 1. The van der Waals surface area contributed by atoms with Crippen LogP contribution in [0.25, 0.3) is 0 Å². The van der Waals surface area contributed by atoms with Gasteiger partial charge in [0, 0.05) is 6.07 Å². The van der Waals surface area contributed by atoms with E-state index in [1.807, 2.05) is 37.3 Å². The maximum atomic E-state index is 13.2. The lowest BCUT2D eigenvalue weighted by Gasteiger charge is -2.10. The van der Waals surface area contributed by atoms with Gasteiger partial charge >= 0.3 is 5.97 Å². The summed E-state index contributed by atoms with van der Waals surface area (Å²) in [5.74, 6) is 0.00784. The Balaban J connectivity index is 1.73. The van der Waals surface area contributed by atoms with Crippen LogP contribution < -0.4 is 4.74 Å². The molecule has 0 bridgehead atoms. The molecule has 3 aromatic carbocycles. The summed E-state index contributed by atoms with van der Waals surface area (Å²) in [7, 11) is 0. The van der Waals surface area contributed by atoms with Crippen LogP contribution in [0.15, 0.2) is 72.8 Å². The first kappa shape index (κ1) is 16.7. The Labute approximate surface area is 145 Å². The number of ether oxygens (including phenoxy) is 2. The van der Waals surface area contributed by atoms with Gasteiger partial charge in [0.05, 0.1) is 5.56 Å². The number of rotatable bonds is 5. The maximum absolute atomic E-state index is 13.2. The highest BCUT2D eigenvalue weighted by Crippen LogP contribution is 2.25. The number of carbonyl (C=O) groups excluding carboxylic acids is 1. The highest BCUT2D eigenvalue weighted by molar-refractivity contribution is 5.91. The molecule has 3 aromatic rings. The Morgan fingerprint density at radius 3 is 2.44 bits per heavy atom. The van der Waals surface area contributed by atoms with Crippen molar-refractivity contribution in [3.63, 3.8) is 0 Å². The minimum Gasteiger partial charge on any atom is -0.457 e. The van der Waals surface area contributed by atoms with Gasteiger partial charge in [-0.25, -0.2) is 9.18 Å². The van der Waals surface area contributed by atoms with Crippen LogP contribution in [-0.2, 0) is 11.3 Å². The van der Waals surface area contributed by atoms with Gasteiger partial charge in [-0.2, -0.15) is 0 Å². The van der Waals surface area contributed by atoms with Crippen LogP contribution >= 0.6 is 0 Å². The van der Waals surface area contributed by atoms with E-state index < -0.39 is 5.97 Å². The smallest absolute Gasteiger partial charge is 0.338 e. The Kier molecular flexibility index (Phi) is 5.09. The number of aryl methyl sites for hydroxylation is 1. The lowest BCUT2D eigenvalue weighted by molar-refractivity contribution is 0.0471. The average molecular weight is 336 g/mol. The van der Waals surface area contributed by atoms with E-state index in [0.29, 0.717) is 17.1 Å². The number of esters is 1. The molecule has 0 aliphatic heterocycles. The van der Waals surface area contributed by atoms with Crippen molar-refractivity contribution < 1.29 is 18.7 Å². The molecule has 4 heteroatoms. The zero-order valence-corrected chi connectivity index (χ0v) is 13.7. The van der Waals surface area contributed by atoms with Crippen LogP contribution in [-0.4, -0.2) is 5.97 Å². The third-order valence-corrected chi connectivity index (χ3v) is 3.67. The molecule has 0 aromatic heterocycles. The number of hydrogen-bond acceptors (Lipinski definition) is 3. The minimum atomic E-state index is -0.425. The summed E-state index contributed by atoms with van der Waals surface area (Å²) in [5, 5.41) is 0. The Morgan fingerprint density at radius 2 is 1.68 bits per heavy atom. The van der Waals surface area contributed by atoms with Gasteiger partial charge in [-0.05, 0) is 42.3 Å². The Morgan fingerprint density at radius 1 is 0.920 bits per heavy atom. The fourth-order valence-electron chi connectivity index (χ4n) is 2.35. The van der Waals surface area contributed by atoms with Gasteiger partial charge in [0.25, 0.3) is 0 Å². The Bertz CT molecular complexity index is 875. The standard InChI is InChI=1S/C21H17FO3/c1-15-10-11-19(25-18-9-5-8-17(22)12-18)13-20(15)21(23)24-14-16-6-3-2-4-7-16/h2-13H,14H2,1H3. The van der Waals surface area contributed by atoms with Crippen molar-refractivity contribution in [2.75, 3.05) is 0 Å². The molecular weight excluding hydrogens is 319 g/mol. The fourth-order valence-corrected chi connectivity index (χ4v) is 2.35. The predicted octanol–water partition coefficient (Wildman–Crippen LogP) is 5.28. The zero-order valence-electron chi connectivity index (χ0n) is 13.7. The second-order valence-corrected chi connectivity index (χ2v) is 5.60. The van der Waals surface area contributed by atoms with Crippen LogP contribution in [0.2, 0.25) is 0 Å². The highest BCUT2D eigenvalue weighted by Gasteiger charge is 2.13. The van der Waals surface area contributed by atoms with Gasteiger partial charge in [0.2, 0.25) is 0 Å². The lowest BCUT2D eigenvalue weighted by Crippen LogP contribution is -2.07. The topological polar surface area (TPSA) is 35.5 Å². The molecule has 0 amide bonds. The molecule has 0 unspecified atom stereocenters. The molecule has 3 rings (SSSR count). The molecule has 3 nitrogen and oxygen atoms in total. The van der Waals surface area contributed by atoms with E-state index in [4.69, 9.17) is 9.47 Å². The van der Waals surface area contributed by atoms with Crippen LogP contribution in [0, 0.1) is 12.7 Å². The van der Waals surface area contributed by atoms with Gasteiger partial charge in [0.15, 0.2) is 0 Å². The van der Waals surface area contributed by atoms with E-state index in [0.717, 1.165) is 11.1 Å². The summed E-state index contributed by atoms with van der Waals surface area (Å²) in [5.41, 5.74) is 2.12. The number of halogens is 1. The molecule has 0 aliphatic rings. The van der Waals surface area contributed by atoms with Crippen molar-refractivity contribution in [3.8, 4) is 11.5 Å². The predicted molar refractivity (Wildman–Crippen MR) is 93.2 cm³/mol. The third-order valence-electron chi connectivity index (χ3n) is 3.67. The summed E-state index contributed by atoms with van der Waals surface area (Å²) in [4.78, 5) is 12.4. The fraction of sp³-hybridized carbons (Fsp3) is 0.0952. The molecule has 0 aliphatic carbocycles. The first-order valence-corrected chi connectivity index (χ1v) is 7.87. The first-order valence-electron chi connectivity index (χ1n) is 7.87. The van der Waals surface area contributed by atoms with Crippen molar-refractivity contribution in [1.29, 1.82) is 0 Å². The van der Waals surface area contributed by atoms with E-state index in [9.17, 15) is 9.18 Å². The molecule has 0 radical (unpaired) electrons. The SMILES string of the molecule is Cc1ccc(Oc2cccc(F)c2)cc1C(=O)OCc1ccccc1. The molecule has 25 heavy (non-hydrogen) atoms. The average Bonchev–Trinajstić information content (AvgIpc) is 2.62. The largest absolute Gasteiger partial charge is 0.457 e. The molecule has 0 fully saturated rings. The van der Waals surface area contributed by atoms with Crippen molar-refractivity contribution in [2.24, 2.45) is 0 Å². The van der Waals surface area contributed by atoms with Crippen molar-refractivity contribution in [2.45, 2.75) is 13.5 Å². The lowest BCUT2D eigenvalue weighted by atomic mass is 10.1. The molecule has 0 N–H and O–H groups in total. The quantitative estimate of drug-likeness (QED) is 0.594. The monoisotopic (exact) mass is 336 g/mol. The summed E-state index contributed by atoms with van der Waals surface area (Å²) in [6.07, 6.45) is 0. The highest BCUT2D eigenvalue weighted by atomic mass is 19.1. The van der Waals surface area contributed by atoms with Gasteiger partial charge in [-0.15, -0.1) is 0 Å². The zero-order chi connectivity index (χ0) is 17.6. The van der Waals surface area contributed by atoms with Gasteiger partial charge < -0.3 is 9.47 Å². The molecule has 0 spiro atoms. The van der Waals surface area contributed by atoms with Crippen LogP contribution in [0.4, 0.5) is 4.39 Å². The molecule has 126 valence electrons. The first-order chi connectivity index (χ1) is 12.1. The molecule has 0 saturated heterocycles. The minimum absolute atomic E-state index is 0.202. The maximum Gasteiger partial charge on any atom is 0.338 e. The second kappa shape index (κ2) is 7.62. The molecule has 0 atom stereocenters. The molecular formula is C21H17FO3. The summed E-state index contributed by atoms with van der Waals surface area (Å²) in [6, 6.07) is 20.4. The van der Waals surface area contributed by atoms with Gasteiger partial charge in [0.1, 0.15) is 23.9 Å². The number of hydrogen-bond donors (Lipinski definition) is 0. The molecule has 0 saturated carbocycles. The van der Waals surface area contributed by atoms with E-state index in [1.165, 1.54) is 12.1 Å². The Hall–Kier alpha value is -3.14. The van der Waals surface area contributed by atoms with Crippen LogP contribution in [0.3, 0.4) is 0 Å².